The number of nitrogens with one attached hydrogen (secondary N) is 1. The first-order valence-electron chi connectivity index (χ1n) is 6.73. The Balaban J connectivity index is 2.74. The van der Waals surface area contributed by atoms with Gasteiger partial charge in [-0.3, -0.25) is 9.78 Å². The van der Waals surface area contributed by atoms with Crippen LogP contribution in [0.15, 0.2) is 18.5 Å². The van der Waals surface area contributed by atoms with E-state index in [1.807, 2.05) is 24.9 Å². The fraction of sp³-hybridized carbons (Fsp3) is 0.571. The Morgan fingerprint density at radius 2 is 2.11 bits per heavy atom. The van der Waals surface area contributed by atoms with E-state index >= 15 is 0 Å². The van der Waals surface area contributed by atoms with Crippen molar-refractivity contribution in [2.75, 3.05) is 17.7 Å². The smallest absolute Gasteiger partial charge is 0.242 e. The third kappa shape index (κ3) is 3.84. The summed E-state index contributed by atoms with van der Waals surface area (Å²) < 4.78 is 0. The van der Waals surface area contributed by atoms with Crippen LogP contribution in [0.3, 0.4) is 0 Å². The standard InChI is InChI=1S/C14H24N4O/c1-5-11(6-2)17-14(19)10(3)18(4)13-7-8-16-9-12(13)15/h7-11H,5-6,15H2,1-4H3,(H,17,19). The molecule has 19 heavy (non-hydrogen) atoms. The van der Waals surface area contributed by atoms with Crippen LogP contribution in [0, 0.1) is 0 Å². The molecule has 1 aromatic heterocycles. The van der Waals surface area contributed by atoms with Crippen LogP contribution < -0.4 is 16.0 Å². The summed E-state index contributed by atoms with van der Waals surface area (Å²) in [5, 5.41) is 3.05. The minimum Gasteiger partial charge on any atom is -0.396 e. The van der Waals surface area contributed by atoms with Crippen molar-refractivity contribution >= 4 is 17.3 Å². The van der Waals surface area contributed by atoms with Gasteiger partial charge in [0.25, 0.3) is 0 Å². The maximum Gasteiger partial charge on any atom is 0.242 e. The van der Waals surface area contributed by atoms with Crippen molar-refractivity contribution in [2.24, 2.45) is 0 Å². The second-order valence-corrected chi connectivity index (χ2v) is 4.74. The van der Waals surface area contributed by atoms with Crippen LogP contribution in [0.4, 0.5) is 11.4 Å². The molecule has 1 rings (SSSR count). The zero-order valence-corrected chi connectivity index (χ0v) is 12.2. The molecule has 1 amide bonds. The minimum atomic E-state index is -0.273. The van der Waals surface area contributed by atoms with E-state index in [9.17, 15) is 4.79 Å². The minimum absolute atomic E-state index is 0.0208. The second kappa shape index (κ2) is 6.97. The number of hydrogen-bond acceptors (Lipinski definition) is 4. The Hall–Kier alpha value is -1.78. The number of pyridine rings is 1. The number of aromatic nitrogens is 1. The highest BCUT2D eigenvalue weighted by molar-refractivity contribution is 5.86. The number of likely N-dealkylation sites (N-methyl/N-ethyl adjacent to an activating group) is 1. The topological polar surface area (TPSA) is 71.2 Å². The van der Waals surface area contributed by atoms with Gasteiger partial charge in [-0.15, -0.1) is 0 Å². The van der Waals surface area contributed by atoms with E-state index in [-0.39, 0.29) is 18.0 Å². The molecule has 0 bridgehead atoms. The lowest BCUT2D eigenvalue weighted by atomic mass is 10.1. The van der Waals surface area contributed by atoms with Crippen LogP contribution in [-0.4, -0.2) is 30.0 Å². The first-order chi connectivity index (χ1) is 9.01. The quantitative estimate of drug-likeness (QED) is 0.822. The normalized spacial score (nSPS) is 12.3. The highest BCUT2D eigenvalue weighted by Crippen LogP contribution is 2.21. The van der Waals surface area contributed by atoms with E-state index in [1.165, 1.54) is 0 Å². The van der Waals surface area contributed by atoms with Gasteiger partial charge in [-0.05, 0) is 25.8 Å². The second-order valence-electron chi connectivity index (χ2n) is 4.74. The number of anilines is 2. The Kier molecular flexibility index (Phi) is 5.60. The van der Waals surface area contributed by atoms with Crippen LogP contribution in [-0.2, 0) is 4.79 Å². The monoisotopic (exact) mass is 264 g/mol. The first-order valence-corrected chi connectivity index (χ1v) is 6.73. The number of nitrogen functional groups attached to an aromatic ring is 1. The van der Waals surface area contributed by atoms with Crippen LogP contribution in [0.2, 0.25) is 0 Å². The van der Waals surface area contributed by atoms with E-state index in [2.05, 4.69) is 24.1 Å². The average Bonchev–Trinajstić information content (AvgIpc) is 2.43. The molecular weight excluding hydrogens is 240 g/mol. The molecule has 3 N–H and O–H groups in total. The summed E-state index contributed by atoms with van der Waals surface area (Å²) in [5.74, 6) is 0.0208. The fourth-order valence-electron chi connectivity index (χ4n) is 1.92. The molecular formula is C14H24N4O. The molecule has 5 nitrogen and oxygen atoms in total. The summed E-state index contributed by atoms with van der Waals surface area (Å²) in [6, 6.07) is 1.78. The Morgan fingerprint density at radius 1 is 1.47 bits per heavy atom. The molecule has 0 saturated heterocycles. The van der Waals surface area contributed by atoms with E-state index in [0.29, 0.717) is 5.69 Å². The largest absolute Gasteiger partial charge is 0.396 e. The van der Waals surface area contributed by atoms with Crippen LogP contribution in [0.25, 0.3) is 0 Å². The first kappa shape index (κ1) is 15.3. The predicted molar refractivity (Wildman–Crippen MR) is 79.0 cm³/mol. The van der Waals surface area contributed by atoms with Crippen molar-refractivity contribution < 1.29 is 4.79 Å². The Bertz CT molecular complexity index is 418. The molecule has 1 atom stereocenters. The maximum absolute atomic E-state index is 12.2. The van der Waals surface area contributed by atoms with Gasteiger partial charge < -0.3 is 16.0 Å². The molecule has 5 heteroatoms. The lowest BCUT2D eigenvalue weighted by molar-refractivity contribution is -0.122. The molecule has 1 heterocycles. The molecule has 1 aromatic rings. The van der Waals surface area contributed by atoms with Crippen molar-refractivity contribution in [1.82, 2.24) is 10.3 Å². The zero-order chi connectivity index (χ0) is 14.4. The molecule has 0 saturated carbocycles. The molecule has 0 aliphatic rings. The van der Waals surface area contributed by atoms with Crippen LogP contribution in [0.5, 0.6) is 0 Å². The zero-order valence-electron chi connectivity index (χ0n) is 12.2. The molecule has 0 aliphatic heterocycles. The van der Waals surface area contributed by atoms with Gasteiger partial charge >= 0.3 is 0 Å². The third-order valence-electron chi connectivity index (χ3n) is 3.50. The van der Waals surface area contributed by atoms with Gasteiger partial charge in [0.05, 0.1) is 17.6 Å². The molecule has 0 spiro atoms. The van der Waals surface area contributed by atoms with Gasteiger partial charge in [-0.25, -0.2) is 0 Å². The average molecular weight is 264 g/mol. The van der Waals surface area contributed by atoms with Gasteiger partial charge in [-0.1, -0.05) is 13.8 Å². The molecule has 1 unspecified atom stereocenters. The van der Waals surface area contributed by atoms with E-state index < -0.39 is 0 Å². The van der Waals surface area contributed by atoms with Gasteiger partial charge in [0.15, 0.2) is 0 Å². The number of carbonyl (C=O) groups is 1. The summed E-state index contributed by atoms with van der Waals surface area (Å²) in [6.07, 6.45) is 5.15. The van der Waals surface area contributed by atoms with Gasteiger partial charge in [0.1, 0.15) is 6.04 Å². The highest BCUT2D eigenvalue weighted by Gasteiger charge is 2.21. The number of hydrogen-bond donors (Lipinski definition) is 2. The van der Waals surface area contributed by atoms with Crippen molar-refractivity contribution in [1.29, 1.82) is 0 Å². The number of nitrogens with zero attached hydrogens (tertiary/aromatic N) is 2. The lowest BCUT2D eigenvalue weighted by Gasteiger charge is -2.28. The van der Waals surface area contributed by atoms with Crippen molar-refractivity contribution in [2.45, 2.75) is 45.7 Å². The Morgan fingerprint density at radius 3 is 2.63 bits per heavy atom. The summed E-state index contributed by atoms with van der Waals surface area (Å²) in [7, 11) is 1.86. The van der Waals surface area contributed by atoms with Crippen molar-refractivity contribution in [3.63, 3.8) is 0 Å². The summed E-state index contributed by atoms with van der Waals surface area (Å²) in [4.78, 5) is 18.0. The summed E-state index contributed by atoms with van der Waals surface area (Å²) >= 11 is 0. The molecule has 0 radical (unpaired) electrons. The third-order valence-corrected chi connectivity index (χ3v) is 3.50. The number of carbonyl (C=O) groups excluding carboxylic acids is 1. The Labute approximate surface area is 115 Å². The molecule has 0 aliphatic carbocycles. The summed E-state index contributed by atoms with van der Waals surface area (Å²) in [5.41, 5.74) is 7.27. The fourth-order valence-corrected chi connectivity index (χ4v) is 1.92. The number of rotatable bonds is 6. The molecule has 0 fully saturated rings. The molecule has 0 aromatic carbocycles. The van der Waals surface area contributed by atoms with Gasteiger partial charge in [0.2, 0.25) is 5.91 Å². The number of nitrogens with two attached hydrogens (primary N) is 1. The molecule has 106 valence electrons. The van der Waals surface area contributed by atoms with Crippen LogP contribution >= 0.6 is 0 Å². The van der Waals surface area contributed by atoms with E-state index in [4.69, 9.17) is 5.73 Å². The van der Waals surface area contributed by atoms with Gasteiger partial charge in [0, 0.05) is 19.3 Å². The van der Waals surface area contributed by atoms with Crippen molar-refractivity contribution in [3.8, 4) is 0 Å². The highest BCUT2D eigenvalue weighted by atomic mass is 16.2. The van der Waals surface area contributed by atoms with Gasteiger partial charge in [-0.2, -0.15) is 0 Å². The number of amides is 1. The van der Waals surface area contributed by atoms with E-state index in [1.54, 1.807) is 12.4 Å². The SMILES string of the molecule is CCC(CC)NC(=O)C(C)N(C)c1ccncc1N. The maximum atomic E-state index is 12.2. The predicted octanol–water partition coefficient (Wildman–Crippen LogP) is 1.79. The summed E-state index contributed by atoms with van der Waals surface area (Å²) in [6.45, 7) is 6.02. The van der Waals surface area contributed by atoms with Crippen molar-refractivity contribution in [3.05, 3.63) is 18.5 Å². The van der Waals surface area contributed by atoms with E-state index in [0.717, 1.165) is 18.5 Å². The van der Waals surface area contributed by atoms with Crippen LogP contribution in [0.1, 0.15) is 33.6 Å². The lowest BCUT2D eigenvalue weighted by Crippen LogP contribution is -2.47.